The molecule has 41 heavy (non-hydrogen) atoms. The molecule has 1 aliphatic rings. The van der Waals surface area contributed by atoms with E-state index in [2.05, 4.69) is 102 Å². The molecule has 0 bridgehead atoms. The lowest BCUT2D eigenvalue weighted by molar-refractivity contribution is -0.258. The summed E-state index contributed by atoms with van der Waals surface area (Å²) < 4.78 is 39.3. The zero-order valence-electron chi connectivity index (χ0n) is 29.2. The molecule has 2 rings (SSSR count). The van der Waals surface area contributed by atoms with Crippen LogP contribution in [-0.2, 0) is 22.8 Å². The van der Waals surface area contributed by atoms with Crippen molar-refractivity contribution in [3.05, 3.63) is 29.8 Å². The molecule has 0 amide bonds. The monoisotopic (exact) mass is 626 g/mol. The quantitative estimate of drug-likeness (QED) is 0.228. The zero-order chi connectivity index (χ0) is 31.7. The highest BCUT2D eigenvalue weighted by molar-refractivity contribution is 6.75. The van der Waals surface area contributed by atoms with E-state index in [1.807, 2.05) is 24.3 Å². The van der Waals surface area contributed by atoms with Crippen molar-refractivity contribution in [2.45, 2.75) is 148 Å². The first-order valence-electron chi connectivity index (χ1n) is 15.3. The summed E-state index contributed by atoms with van der Waals surface area (Å²) in [6.07, 6.45) is -0.252. The van der Waals surface area contributed by atoms with Crippen molar-refractivity contribution < 1.29 is 27.5 Å². The van der Waals surface area contributed by atoms with Crippen molar-refractivity contribution in [1.82, 2.24) is 0 Å². The molecule has 1 saturated heterocycles. The van der Waals surface area contributed by atoms with Crippen LogP contribution < -0.4 is 4.74 Å². The van der Waals surface area contributed by atoms with Crippen LogP contribution in [-0.4, -0.2) is 63.6 Å². The minimum atomic E-state index is -2.08. The molecule has 0 aromatic heterocycles. The molecule has 2 unspecified atom stereocenters. The molecule has 0 radical (unpaired) electrons. The topological polar surface area (TPSA) is 55.4 Å². The van der Waals surface area contributed by atoms with Crippen LogP contribution in [0.3, 0.4) is 0 Å². The highest BCUT2D eigenvalue weighted by Crippen LogP contribution is 2.42. The van der Waals surface area contributed by atoms with E-state index in [1.165, 1.54) is 0 Å². The molecule has 9 heteroatoms. The number of methoxy groups -OCH3 is 1. The average molecular weight is 627 g/mol. The minimum Gasteiger partial charge on any atom is -0.497 e. The maximum absolute atomic E-state index is 7.08. The normalized spacial score (nSPS) is 22.5. The number of hydrogen-bond donors (Lipinski definition) is 0. The third kappa shape index (κ3) is 9.73. The van der Waals surface area contributed by atoms with E-state index in [4.69, 9.17) is 27.5 Å². The molecule has 4 atom stereocenters. The van der Waals surface area contributed by atoms with Crippen molar-refractivity contribution in [3.63, 3.8) is 0 Å². The first-order valence-corrected chi connectivity index (χ1v) is 24.0. The molecular formula is C32H62O6Si3. The molecule has 1 heterocycles. The van der Waals surface area contributed by atoms with Crippen LogP contribution in [0.5, 0.6) is 5.75 Å². The molecule has 1 aromatic rings. The maximum atomic E-state index is 7.08. The second-order valence-corrected chi connectivity index (χ2v) is 30.7. The molecule has 1 aromatic carbocycles. The van der Waals surface area contributed by atoms with Gasteiger partial charge in [-0.05, 0) is 66.5 Å². The van der Waals surface area contributed by atoms with Gasteiger partial charge in [0.1, 0.15) is 5.75 Å². The Morgan fingerprint density at radius 3 is 1.76 bits per heavy atom. The molecule has 1 aliphatic heterocycles. The Morgan fingerprint density at radius 2 is 1.29 bits per heavy atom. The molecular weight excluding hydrogens is 565 g/mol. The molecule has 6 nitrogen and oxygen atoms in total. The van der Waals surface area contributed by atoms with Crippen LogP contribution in [0.25, 0.3) is 0 Å². The second-order valence-electron chi connectivity index (χ2n) is 16.3. The summed E-state index contributed by atoms with van der Waals surface area (Å²) in [4.78, 5) is 0. The lowest BCUT2D eigenvalue weighted by Gasteiger charge is -2.46. The summed E-state index contributed by atoms with van der Waals surface area (Å²) in [7, 11) is -4.46. The number of ether oxygens (including phenoxy) is 3. The summed E-state index contributed by atoms with van der Waals surface area (Å²) >= 11 is 0. The smallest absolute Gasteiger partial charge is 0.192 e. The summed E-state index contributed by atoms with van der Waals surface area (Å²) in [5.74, 6) is 0.811. The van der Waals surface area contributed by atoms with Crippen LogP contribution >= 0.6 is 0 Å². The third-order valence-electron chi connectivity index (χ3n) is 9.96. The average Bonchev–Trinajstić information content (AvgIpc) is 2.81. The molecule has 0 N–H and O–H groups in total. The molecule has 0 aliphatic carbocycles. The van der Waals surface area contributed by atoms with Gasteiger partial charge < -0.3 is 27.5 Å². The van der Waals surface area contributed by atoms with E-state index in [1.54, 1.807) is 7.11 Å². The Kier molecular flexibility index (Phi) is 11.8. The lowest BCUT2D eigenvalue weighted by Crippen LogP contribution is -2.54. The van der Waals surface area contributed by atoms with Gasteiger partial charge in [0.25, 0.3) is 0 Å². The Labute approximate surface area is 255 Å². The fourth-order valence-corrected chi connectivity index (χ4v) is 7.62. The van der Waals surface area contributed by atoms with Crippen molar-refractivity contribution in [2.24, 2.45) is 0 Å². The van der Waals surface area contributed by atoms with E-state index >= 15 is 0 Å². The summed E-state index contributed by atoms with van der Waals surface area (Å²) in [6, 6.07) is 7.93. The van der Waals surface area contributed by atoms with Gasteiger partial charge in [0.2, 0.25) is 0 Å². The SMILES string of the molecule is COc1ccc(C2OC[C@H](O[Si](C)(C)C(C)(C)C)[C@H](CC(CO[Si](C)(C)C(C)(C)C)O[Si](C)(C)C(C)(C)C)O2)cc1. The van der Waals surface area contributed by atoms with Gasteiger partial charge in [-0.15, -0.1) is 0 Å². The number of hydrogen-bond acceptors (Lipinski definition) is 6. The molecule has 0 saturated carbocycles. The van der Waals surface area contributed by atoms with Crippen molar-refractivity contribution >= 4 is 25.0 Å². The largest absolute Gasteiger partial charge is 0.497 e. The molecule has 238 valence electrons. The van der Waals surface area contributed by atoms with E-state index in [0.29, 0.717) is 19.6 Å². The van der Waals surface area contributed by atoms with Gasteiger partial charge in [-0.3, -0.25) is 0 Å². The fraction of sp³-hybridized carbons (Fsp3) is 0.812. The Hall–Kier alpha value is -0.529. The van der Waals surface area contributed by atoms with Crippen molar-refractivity contribution in [1.29, 1.82) is 0 Å². The zero-order valence-corrected chi connectivity index (χ0v) is 32.2. The van der Waals surface area contributed by atoms with Crippen LogP contribution in [0.1, 0.15) is 80.6 Å². The predicted molar refractivity (Wildman–Crippen MR) is 178 cm³/mol. The molecule has 0 spiro atoms. The van der Waals surface area contributed by atoms with Gasteiger partial charge >= 0.3 is 0 Å². The van der Waals surface area contributed by atoms with Gasteiger partial charge in [-0.2, -0.15) is 0 Å². The standard InChI is InChI=1S/C32H62O6Si3/c1-30(2,3)39(11,12)35-22-26(37-40(13,14)31(4,5)6)21-27-28(38-41(15,16)32(7,8)9)23-34-29(36-27)24-17-19-25(33-10)20-18-24/h17-20,26-29H,21-23H2,1-16H3/t26?,27-,28-,29?/m0/s1. The summed E-state index contributed by atoms with van der Waals surface area (Å²) in [5, 5.41) is 0.283. The van der Waals surface area contributed by atoms with Crippen LogP contribution in [0.2, 0.25) is 54.4 Å². The Morgan fingerprint density at radius 1 is 0.780 bits per heavy atom. The summed E-state index contributed by atoms with van der Waals surface area (Å²) in [6.45, 7) is 35.4. The third-order valence-corrected chi connectivity index (χ3v) is 23.5. The Balaban J connectivity index is 2.42. The van der Waals surface area contributed by atoms with E-state index in [0.717, 1.165) is 11.3 Å². The van der Waals surface area contributed by atoms with Gasteiger partial charge in [0.05, 0.1) is 38.6 Å². The van der Waals surface area contributed by atoms with Gasteiger partial charge in [0.15, 0.2) is 31.2 Å². The van der Waals surface area contributed by atoms with Gasteiger partial charge in [0, 0.05) is 12.0 Å². The van der Waals surface area contributed by atoms with Gasteiger partial charge in [-0.1, -0.05) is 74.4 Å². The Bertz CT molecular complexity index is 958. The highest BCUT2D eigenvalue weighted by Gasteiger charge is 2.46. The maximum Gasteiger partial charge on any atom is 0.192 e. The summed E-state index contributed by atoms with van der Waals surface area (Å²) in [5.41, 5.74) is 0.973. The first kappa shape index (κ1) is 36.7. The molecule has 1 fully saturated rings. The van der Waals surface area contributed by atoms with Crippen LogP contribution in [0.15, 0.2) is 24.3 Å². The van der Waals surface area contributed by atoms with E-state index in [9.17, 15) is 0 Å². The second kappa shape index (κ2) is 13.2. The fourth-order valence-electron chi connectivity index (χ4n) is 3.90. The predicted octanol–water partition coefficient (Wildman–Crippen LogP) is 9.30. The van der Waals surface area contributed by atoms with Crippen LogP contribution in [0, 0.1) is 0 Å². The number of benzene rings is 1. The first-order chi connectivity index (χ1) is 18.4. The van der Waals surface area contributed by atoms with Crippen LogP contribution in [0.4, 0.5) is 0 Å². The minimum absolute atomic E-state index is 0.0763. The van der Waals surface area contributed by atoms with Gasteiger partial charge in [-0.25, -0.2) is 0 Å². The van der Waals surface area contributed by atoms with Crippen molar-refractivity contribution in [2.75, 3.05) is 20.3 Å². The highest BCUT2D eigenvalue weighted by atomic mass is 28.4. The van der Waals surface area contributed by atoms with Crippen molar-refractivity contribution in [3.8, 4) is 5.75 Å². The van der Waals surface area contributed by atoms with E-state index < -0.39 is 31.2 Å². The number of rotatable bonds is 11. The lowest BCUT2D eigenvalue weighted by atomic mass is 10.1. The van der Waals surface area contributed by atoms with E-state index in [-0.39, 0.29) is 33.4 Å².